The van der Waals surface area contributed by atoms with E-state index in [0.717, 1.165) is 23.4 Å². The maximum atomic E-state index is 14.1. The monoisotopic (exact) mass is 669 g/mol. The minimum absolute atomic E-state index is 0.0170. The number of para-hydroxylation sites is 1. The highest BCUT2D eigenvalue weighted by Crippen LogP contribution is 2.27. The van der Waals surface area contributed by atoms with Gasteiger partial charge in [-0.1, -0.05) is 35.7 Å². The second-order valence-electron chi connectivity index (χ2n) is 12.7. The van der Waals surface area contributed by atoms with E-state index in [-0.39, 0.29) is 30.4 Å². The zero-order valence-electron chi connectivity index (χ0n) is 27.2. The molecule has 4 heterocycles. The first kappa shape index (κ1) is 33.0. The van der Waals surface area contributed by atoms with Gasteiger partial charge in [0.1, 0.15) is 13.1 Å². The van der Waals surface area contributed by atoms with Crippen molar-refractivity contribution >= 4 is 46.6 Å². The number of benzene rings is 2. The SMILES string of the molecule is C#Cc1cc(C[C@@H](NC(=O)N2CCC(N3CCc4ccccc4NC3=O)CC2)C(=O)N2CCN(c3cc[n+](C)cc3)CC2)cc(Cl)c1N. The van der Waals surface area contributed by atoms with Gasteiger partial charge in [-0.25, -0.2) is 14.2 Å². The molecule has 11 nitrogen and oxygen atoms in total. The first-order chi connectivity index (χ1) is 23.2. The number of urea groups is 2. The van der Waals surface area contributed by atoms with Crippen LogP contribution < -0.4 is 25.8 Å². The Balaban J connectivity index is 1.11. The van der Waals surface area contributed by atoms with Crippen LogP contribution in [-0.2, 0) is 24.7 Å². The summed E-state index contributed by atoms with van der Waals surface area (Å²) in [6, 6.07) is 14.2. The molecule has 5 amide bonds. The third kappa shape index (κ3) is 7.29. The highest BCUT2D eigenvalue weighted by Gasteiger charge is 2.34. The van der Waals surface area contributed by atoms with E-state index in [0.29, 0.717) is 80.5 Å². The molecule has 0 aliphatic carbocycles. The van der Waals surface area contributed by atoms with Crippen molar-refractivity contribution < 1.29 is 19.0 Å². The molecule has 0 spiro atoms. The van der Waals surface area contributed by atoms with E-state index in [2.05, 4.69) is 33.6 Å². The molecule has 3 aliphatic heterocycles. The van der Waals surface area contributed by atoms with E-state index in [1.165, 1.54) is 0 Å². The fourth-order valence-corrected chi connectivity index (χ4v) is 7.06. The van der Waals surface area contributed by atoms with E-state index in [1.54, 1.807) is 17.0 Å². The molecule has 4 N–H and O–H groups in total. The Labute approximate surface area is 286 Å². The quantitative estimate of drug-likeness (QED) is 0.212. The molecule has 0 bridgehead atoms. The number of carbonyl (C=O) groups excluding carboxylic acids is 3. The molecule has 2 saturated heterocycles. The van der Waals surface area contributed by atoms with E-state index in [9.17, 15) is 14.4 Å². The third-order valence-electron chi connectivity index (χ3n) is 9.63. The lowest BCUT2D eigenvalue weighted by molar-refractivity contribution is -0.671. The molecule has 6 rings (SSSR count). The molecule has 0 radical (unpaired) electrons. The molecule has 3 aliphatic rings. The lowest BCUT2D eigenvalue weighted by atomic mass is 10.0. The van der Waals surface area contributed by atoms with E-state index in [1.807, 2.05) is 58.1 Å². The van der Waals surface area contributed by atoms with Crippen LogP contribution in [0.4, 0.5) is 26.7 Å². The average Bonchev–Trinajstić information content (AvgIpc) is 3.27. The van der Waals surface area contributed by atoms with Crippen LogP contribution in [-0.4, -0.2) is 90.6 Å². The van der Waals surface area contributed by atoms with Crippen molar-refractivity contribution in [1.82, 2.24) is 20.0 Å². The predicted molar refractivity (Wildman–Crippen MR) is 187 cm³/mol. The molecule has 1 atom stereocenters. The Morgan fingerprint density at radius 2 is 1.75 bits per heavy atom. The maximum absolute atomic E-state index is 14.1. The van der Waals surface area contributed by atoms with Crippen LogP contribution in [0.3, 0.4) is 0 Å². The van der Waals surface area contributed by atoms with Crippen LogP contribution in [0.1, 0.15) is 29.5 Å². The lowest BCUT2D eigenvalue weighted by Crippen LogP contribution is -2.58. The van der Waals surface area contributed by atoms with Gasteiger partial charge in [-0.2, -0.15) is 0 Å². The largest absolute Gasteiger partial charge is 0.397 e. The van der Waals surface area contributed by atoms with Crippen molar-refractivity contribution in [3.63, 3.8) is 0 Å². The number of hydrogen-bond acceptors (Lipinski definition) is 5. The Morgan fingerprint density at radius 1 is 1.04 bits per heavy atom. The van der Waals surface area contributed by atoms with Crippen molar-refractivity contribution in [3.8, 4) is 12.3 Å². The molecule has 48 heavy (non-hydrogen) atoms. The number of hydrogen-bond donors (Lipinski definition) is 3. The number of carbonyl (C=O) groups is 3. The average molecular weight is 670 g/mol. The van der Waals surface area contributed by atoms with Gasteiger partial charge in [0.2, 0.25) is 5.91 Å². The molecule has 3 aromatic rings. The number of rotatable bonds is 6. The number of nitrogens with zero attached hydrogens (tertiary/aromatic N) is 5. The van der Waals surface area contributed by atoms with Gasteiger partial charge in [-0.15, -0.1) is 6.42 Å². The third-order valence-corrected chi connectivity index (χ3v) is 9.94. The number of aromatic nitrogens is 1. The fraction of sp³-hybridized carbons (Fsp3) is 0.389. The number of likely N-dealkylation sites (tertiary alicyclic amines) is 1. The molecule has 0 saturated carbocycles. The number of pyridine rings is 1. The highest BCUT2D eigenvalue weighted by molar-refractivity contribution is 6.33. The molecule has 12 heteroatoms. The van der Waals surface area contributed by atoms with Crippen LogP contribution in [0.5, 0.6) is 0 Å². The first-order valence-corrected chi connectivity index (χ1v) is 16.8. The molecule has 2 aromatic carbocycles. The number of nitrogens with two attached hydrogens (primary N) is 1. The summed E-state index contributed by atoms with van der Waals surface area (Å²) in [7, 11) is 1.98. The van der Waals surface area contributed by atoms with Gasteiger partial charge in [0, 0.05) is 87.3 Å². The van der Waals surface area contributed by atoms with Crippen LogP contribution >= 0.6 is 11.6 Å². The summed E-state index contributed by atoms with van der Waals surface area (Å²) in [5.41, 5.74) is 10.6. The number of piperazine rings is 1. The Hall–Kier alpha value is -4.95. The molecule has 0 unspecified atom stereocenters. The number of aryl methyl sites for hydroxylation is 1. The van der Waals surface area contributed by atoms with Gasteiger partial charge < -0.3 is 36.0 Å². The second-order valence-corrected chi connectivity index (χ2v) is 13.1. The van der Waals surface area contributed by atoms with Gasteiger partial charge in [-0.05, 0) is 48.6 Å². The van der Waals surface area contributed by atoms with Crippen molar-refractivity contribution in [3.05, 3.63) is 82.6 Å². The first-order valence-electron chi connectivity index (χ1n) is 16.4. The van der Waals surface area contributed by atoms with Gasteiger partial charge in [0.25, 0.3) is 0 Å². The van der Waals surface area contributed by atoms with Crippen molar-refractivity contribution in [2.75, 3.05) is 61.8 Å². The van der Waals surface area contributed by atoms with E-state index < -0.39 is 6.04 Å². The van der Waals surface area contributed by atoms with Crippen molar-refractivity contribution in [2.45, 2.75) is 37.8 Å². The number of amides is 5. The molecule has 250 valence electrons. The van der Waals surface area contributed by atoms with Crippen molar-refractivity contribution in [2.24, 2.45) is 7.05 Å². The summed E-state index contributed by atoms with van der Waals surface area (Å²) in [5, 5.41) is 6.39. The van der Waals surface area contributed by atoms with Gasteiger partial charge in [-0.3, -0.25) is 4.79 Å². The van der Waals surface area contributed by atoms with E-state index in [4.69, 9.17) is 23.8 Å². The second kappa shape index (κ2) is 14.4. The van der Waals surface area contributed by atoms with Crippen LogP contribution in [0.2, 0.25) is 5.02 Å². The van der Waals surface area contributed by atoms with Gasteiger partial charge >= 0.3 is 12.1 Å². The molecular formula is C36H42ClN8O3+. The summed E-state index contributed by atoms with van der Waals surface area (Å²) >= 11 is 6.39. The summed E-state index contributed by atoms with van der Waals surface area (Å²) < 4.78 is 1.99. The minimum atomic E-state index is -0.835. The summed E-state index contributed by atoms with van der Waals surface area (Å²) in [6.07, 6.45) is 12.0. The van der Waals surface area contributed by atoms with E-state index >= 15 is 0 Å². The van der Waals surface area contributed by atoms with Gasteiger partial charge in [0.15, 0.2) is 12.4 Å². The topological polar surface area (TPSA) is 118 Å². The Kier molecular flexibility index (Phi) is 9.92. The summed E-state index contributed by atoms with van der Waals surface area (Å²) in [6.45, 7) is 3.97. The number of nitrogen functional groups attached to an aromatic ring is 1. The normalized spacial score (nSPS) is 17.6. The van der Waals surface area contributed by atoms with Crippen LogP contribution in [0.15, 0.2) is 60.9 Å². The Bertz CT molecular complexity index is 1710. The molecule has 1 aromatic heterocycles. The number of fused-ring (bicyclic) bond motifs is 1. The fourth-order valence-electron chi connectivity index (χ4n) is 6.82. The Morgan fingerprint density at radius 3 is 2.46 bits per heavy atom. The number of piperidine rings is 1. The zero-order valence-corrected chi connectivity index (χ0v) is 28.0. The number of terminal acetylenes is 1. The molecular weight excluding hydrogens is 628 g/mol. The predicted octanol–water partition coefficient (Wildman–Crippen LogP) is 3.25. The zero-order chi connectivity index (χ0) is 33.8. The standard InChI is InChI=1S/C36H41ClN8O3/c1-3-26-22-25(23-30(37)33(26)38)24-32(34(46)43-20-18-42(19-21-43)28-9-13-41(2)14-10-28)40-35(47)44-15-11-29(12-16-44)45-17-8-27-6-4-5-7-31(27)39-36(45)48/h1,4-7,9-10,13-14,22-23,29,32H,8,11-12,15-21,24,38H2,2H3,(H-,39,40,47,48)/p+1/t32-/m1/s1. The van der Waals surface area contributed by atoms with Crippen LogP contribution in [0.25, 0.3) is 0 Å². The number of anilines is 3. The smallest absolute Gasteiger partial charge is 0.322 e. The van der Waals surface area contributed by atoms with Crippen LogP contribution in [0, 0.1) is 12.3 Å². The minimum Gasteiger partial charge on any atom is -0.397 e. The lowest BCUT2D eigenvalue weighted by Gasteiger charge is -2.39. The summed E-state index contributed by atoms with van der Waals surface area (Å²) in [5.74, 6) is 2.40. The number of halogens is 1. The number of nitrogens with one attached hydrogen (secondary N) is 2. The molecule has 2 fully saturated rings. The highest BCUT2D eigenvalue weighted by atomic mass is 35.5. The summed E-state index contributed by atoms with van der Waals surface area (Å²) in [4.78, 5) is 48.5. The van der Waals surface area contributed by atoms with Gasteiger partial charge in [0.05, 0.1) is 10.7 Å². The maximum Gasteiger partial charge on any atom is 0.322 e. The van der Waals surface area contributed by atoms with Crippen molar-refractivity contribution in [1.29, 1.82) is 0 Å².